The van der Waals surface area contributed by atoms with E-state index < -0.39 is 9.84 Å². The van der Waals surface area contributed by atoms with E-state index in [1.54, 1.807) is 12.3 Å². The van der Waals surface area contributed by atoms with Crippen molar-refractivity contribution in [1.29, 1.82) is 0 Å². The average Bonchev–Trinajstić information content (AvgIpc) is 2.88. The molecule has 0 bridgehead atoms. The van der Waals surface area contributed by atoms with E-state index in [0.29, 0.717) is 18.2 Å². The normalized spacial score (nSPS) is 19.1. The Bertz CT molecular complexity index is 796. The van der Waals surface area contributed by atoms with Crippen molar-refractivity contribution < 1.29 is 8.42 Å². The summed E-state index contributed by atoms with van der Waals surface area (Å²) < 4.78 is 23.0. The smallest absolute Gasteiger partial charge is 0.224 e. The maximum Gasteiger partial charge on any atom is 0.224 e. The van der Waals surface area contributed by atoms with Gasteiger partial charge in [0.1, 0.15) is 5.82 Å². The van der Waals surface area contributed by atoms with Gasteiger partial charge in [-0.15, -0.1) is 0 Å². The molecular weight excluding hydrogens is 348 g/mol. The number of halogens is 1. The molecule has 1 saturated heterocycles. The Morgan fingerprint density at radius 1 is 1.21 bits per heavy atom. The Morgan fingerprint density at radius 3 is 2.71 bits per heavy atom. The fraction of sp³-hybridized carbons (Fsp3) is 0.375. The highest BCUT2D eigenvalue weighted by molar-refractivity contribution is 7.91. The van der Waals surface area contributed by atoms with Crippen LogP contribution in [0.3, 0.4) is 0 Å². The van der Waals surface area contributed by atoms with E-state index in [4.69, 9.17) is 11.6 Å². The third kappa shape index (κ3) is 4.82. The molecule has 24 heavy (non-hydrogen) atoms. The first-order valence-corrected chi connectivity index (χ1v) is 9.98. The maximum atomic E-state index is 11.5. The van der Waals surface area contributed by atoms with Gasteiger partial charge in [0.15, 0.2) is 9.84 Å². The van der Waals surface area contributed by atoms with E-state index in [1.165, 1.54) is 5.56 Å². The fourth-order valence-electron chi connectivity index (χ4n) is 2.60. The van der Waals surface area contributed by atoms with Gasteiger partial charge in [-0.3, -0.25) is 0 Å². The fourth-order valence-corrected chi connectivity index (χ4v) is 4.40. The first kappa shape index (κ1) is 17.0. The lowest BCUT2D eigenvalue weighted by atomic mass is 10.1. The zero-order valence-electron chi connectivity index (χ0n) is 13.1. The summed E-state index contributed by atoms with van der Waals surface area (Å²) in [6, 6.07) is 9.42. The van der Waals surface area contributed by atoms with Crippen LogP contribution in [0.25, 0.3) is 0 Å². The van der Waals surface area contributed by atoms with Gasteiger partial charge in [0.25, 0.3) is 0 Å². The van der Waals surface area contributed by atoms with Gasteiger partial charge in [-0.25, -0.2) is 13.4 Å². The topological polar surface area (TPSA) is 84.0 Å². The highest BCUT2D eigenvalue weighted by Gasteiger charge is 2.28. The molecule has 1 aromatic heterocycles. The number of nitrogens with one attached hydrogen (secondary N) is 2. The number of anilines is 2. The molecular formula is C16H19ClN4O2S. The minimum atomic E-state index is -2.92. The van der Waals surface area contributed by atoms with Crippen molar-refractivity contribution in [3.8, 4) is 0 Å². The lowest BCUT2D eigenvalue weighted by molar-refractivity contribution is 0.602. The van der Waals surface area contributed by atoms with Crippen LogP contribution >= 0.6 is 11.6 Å². The van der Waals surface area contributed by atoms with Gasteiger partial charge in [-0.2, -0.15) is 4.98 Å². The third-order valence-corrected chi connectivity index (χ3v) is 5.87. The lowest BCUT2D eigenvalue weighted by Gasteiger charge is -2.12. The average molecular weight is 367 g/mol. The summed E-state index contributed by atoms with van der Waals surface area (Å²) in [6.07, 6.45) is 3.11. The Hall–Kier alpha value is -1.86. The SMILES string of the molecule is O=S1(=O)CCC(Nc2nccc(NCCc3ccc(Cl)cc3)n2)C1. The van der Waals surface area contributed by atoms with E-state index in [-0.39, 0.29) is 17.5 Å². The number of benzene rings is 1. The summed E-state index contributed by atoms with van der Waals surface area (Å²) in [5, 5.41) is 7.07. The van der Waals surface area contributed by atoms with Crippen molar-refractivity contribution in [3.05, 3.63) is 47.1 Å². The van der Waals surface area contributed by atoms with Crippen molar-refractivity contribution in [3.63, 3.8) is 0 Å². The van der Waals surface area contributed by atoms with Crippen molar-refractivity contribution in [2.75, 3.05) is 28.7 Å². The summed E-state index contributed by atoms with van der Waals surface area (Å²) in [7, 11) is -2.92. The van der Waals surface area contributed by atoms with Gasteiger partial charge >= 0.3 is 0 Å². The molecule has 2 N–H and O–H groups in total. The van der Waals surface area contributed by atoms with Gasteiger partial charge in [0, 0.05) is 23.8 Å². The van der Waals surface area contributed by atoms with Crippen molar-refractivity contribution in [2.24, 2.45) is 0 Å². The zero-order chi connectivity index (χ0) is 17.0. The van der Waals surface area contributed by atoms with Crippen LogP contribution < -0.4 is 10.6 Å². The zero-order valence-corrected chi connectivity index (χ0v) is 14.6. The highest BCUT2D eigenvalue weighted by atomic mass is 35.5. The van der Waals surface area contributed by atoms with Crippen molar-refractivity contribution in [1.82, 2.24) is 9.97 Å². The quantitative estimate of drug-likeness (QED) is 0.816. The molecule has 0 radical (unpaired) electrons. The summed E-state index contributed by atoms with van der Waals surface area (Å²) in [5.41, 5.74) is 1.19. The van der Waals surface area contributed by atoms with Gasteiger partial charge < -0.3 is 10.6 Å². The van der Waals surface area contributed by atoms with E-state index in [1.807, 2.05) is 24.3 Å². The van der Waals surface area contributed by atoms with Gasteiger partial charge in [-0.05, 0) is 36.6 Å². The van der Waals surface area contributed by atoms with Crippen LogP contribution in [-0.2, 0) is 16.3 Å². The summed E-state index contributed by atoms with van der Waals surface area (Å²) in [5.74, 6) is 1.53. The number of hydrogen-bond donors (Lipinski definition) is 2. The third-order valence-electron chi connectivity index (χ3n) is 3.85. The molecule has 128 valence electrons. The Balaban J connectivity index is 1.52. The molecule has 0 aliphatic carbocycles. The Morgan fingerprint density at radius 2 is 2.00 bits per heavy atom. The highest BCUT2D eigenvalue weighted by Crippen LogP contribution is 2.16. The molecule has 0 saturated carbocycles. The van der Waals surface area contributed by atoms with Crippen LogP contribution in [0.2, 0.25) is 5.02 Å². The second kappa shape index (κ2) is 7.36. The molecule has 1 atom stereocenters. The molecule has 3 rings (SSSR count). The molecule has 1 unspecified atom stereocenters. The van der Waals surface area contributed by atoms with Crippen LogP contribution in [0.5, 0.6) is 0 Å². The first-order chi connectivity index (χ1) is 11.5. The number of rotatable bonds is 6. The number of sulfone groups is 1. The summed E-state index contributed by atoms with van der Waals surface area (Å²) >= 11 is 5.87. The minimum absolute atomic E-state index is 0.112. The van der Waals surface area contributed by atoms with Crippen LogP contribution in [0.1, 0.15) is 12.0 Å². The molecule has 1 aliphatic rings. The summed E-state index contributed by atoms with van der Waals surface area (Å²) in [6.45, 7) is 0.732. The number of nitrogens with zero attached hydrogens (tertiary/aromatic N) is 2. The maximum absolute atomic E-state index is 11.5. The van der Waals surface area contributed by atoms with E-state index >= 15 is 0 Å². The van der Waals surface area contributed by atoms with E-state index in [9.17, 15) is 8.42 Å². The molecule has 1 aromatic carbocycles. The molecule has 2 heterocycles. The molecule has 1 fully saturated rings. The van der Waals surface area contributed by atoms with Crippen LogP contribution in [0.4, 0.5) is 11.8 Å². The molecule has 1 aliphatic heterocycles. The van der Waals surface area contributed by atoms with Gasteiger partial charge in [-0.1, -0.05) is 23.7 Å². The minimum Gasteiger partial charge on any atom is -0.370 e. The van der Waals surface area contributed by atoms with Gasteiger partial charge in [0.05, 0.1) is 11.5 Å². The van der Waals surface area contributed by atoms with Crippen LogP contribution in [0, 0.1) is 0 Å². The molecule has 8 heteroatoms. The standard InChI is InChI=1S/C16H19ClN4O2S/c17-13-3-1-12(2-4-13)5-8-18-15-6-9-19-16(21-15)20-14-7-10-24(22,23)11-14/h1-4,6,9,14H,5,7-8,10-11H2,(H2,18,19,20,21). The number of hydrogen-bond acceptors (Lipinski definition) is 6. The Labute approximate surface area is 146 Å². The van der Waals surface area contributed by atoms with Crippen molar-refractivity contribution in [2.45, 2.75) is 18.9 Å². The predicted molar refractivity (Wildman–Crippen MR) is 96.4 cm³/mol. The van der Waals surface area contributed by atoms with E-state index in [2.05, 4.69) is 20.6 Å². The summed E-state index contributed by atoms with van der Waals surface area (Å²) in [4.78, 5) is 8.53. The Kier molecular flexibility index (Phi) is 5.20. The number of aromatic nitrogens is 2. The van der Waals surface area contributed by atoms with Crippen LogP contribution in [-0.4, -0.2) is 42.5 Å². The first-order valence-electron chi connectivity index (χ1n) is 7.78. The monoisotopic (exact) mass is 366 g/mol. The second-order valence-electron chi connectivity index (χ2n) is 5.81. The molecule has 0 amide bonds. The van der Waals surface area contributed by atoms with Crippen LogP contribution in [0.15, 0.2) is 36.5 Å². The van der Waals surface area contributed by atoms with Gasteiger partial charge in [0.2, 0.25) is 5.95 Å². The largest absolute Gasteiger partial charge is 0.370 e. The molecule has 2 aromatic rings. The predicted octanol–water partition coefficient (Wildman–Crippen LogP) is 2.38. The molecule has 6 nitrogen and oxygen atoms in total. The van der Waals surface area contributed by atoms with Crippen molar-refractivity contribution >= 4 is 33.2 Å². The second-order valence-corrected chi connectivity index (χ2v) is 8.48. The lowest BCUT2D eigenvalue weighted by Crippen LogP contribution is -2.22. The van der Waals surface area contributed by atoms with E-state index in [0.717, 1.165) is 18.0 Å². The molecule has 0 spiro atoms.